The molecule has 0 unspecified atom stereocenters. The number of ether oxygens (including phenoxy) is 1. The molecule has 1 aromatic heterocycles. The maximum absolute atomic E-state index is 12.8. The Kier molecular flexibility index (Phi) is 6.07. The molecule has 3 aromatic carbocycles. The summed E-state index contributed by atoms with van der Waals surface area (Å²) in [6, 6.07) is 23.7. The largest absolute Gasteiger partial charge is 0.491 e. The fraction of sp³-hybridized carbons (Fsp3) is 0.286. The number of anilines is 1. The molecule has 174 valence electrons. The number of amides is 1. The van der Waals surface area contributed by atoms with Gasteiger partial charge in [0.15, 0.2) is 0 Å². The first-order valence-corrected chi connectivity index (χ1v) is 11.7. The van der Waals surface area contributed by atoms with E-state index in [1.54, 1.807) is 0 Å². The van der Waals surface area contributed by atoms with E-state index in [1.807, 2.05) is 91.5 Å². The number of imidazole rings is 1. The van der Waals surface area contributed by atoms with E-state index in [0.29, 0.717) is 19.5 Å². The number of fused-ring (bicyclic) bond motifs is 1. The topological polar surface area (TPSA) is 67.6 Å². The molecular formula is C28H29N3O3. The highest BCUT2D eigenvalue weighted by Crippen LogP contribution is 2.33. The smallest absolute Gasteiger partial charge is 0.227 e. The molecule has 2 heterocycles. The van der Waals surface area contributed by atoms with Crippen LogP contribution in [-0.4, -0.2) is 39.8 Å². The van der Waals surface area contributed by atoms with Gasteiger partial charge in [0.05, 0.1) is 17.6 Å². The van der Waals surface area contributed by atoms with Crippen molar-refractivity contribution in [2.75, 3.05) is 18.1 Å². The second-order valence-electron chi connectivity index (χ2n) is 9.04. The number of para-hydroxylation sites is 3. The number of hydrogen-bond acceptors (Lipinski definition) is 4. The Morgan fingerprint density at radius 2 is 1.82 bits per heavy atom. The number of aliphatic hydroxyl groups excluding tert-OH is 1. The Bertz CT molecular complexity index is 1320. The molecule has 2 atom stereocenters. The van der Waals surface area contributed by atoms with Gasteiger partial charge in [-0.1, -0.05) is 42.5 Å². The zero-order valence-electron chi connectivity index (χ0n) is 19.5. The molecule has 34 heavy (non-hydrogen) atoms. The van der Waals surface area contributed by atoms with Crippen molar-refractivity contribution < 1.29 is 14.6 Å². The second kappa shape index (κ2) is 9.31. The van der Waals surface area contributed by atoms with Gasteiger partial charge in [0.25, 0.3) is 0 Å². The predicted octanol–water partition coefficient (Wildman–Crippen LogP) is 4.61. The first-order chi connectivity index (χ1) is 16.5. The molecule has 5 rings (SSSR count). The predicted molar refractivity (Wildman–Crippen MR) is 133 cm³/mol. The zero-order valence-corrected chi connectivity index (χ0v) is 19.5. The van der Waals surface area contributed by atoms with Crippen molar-refractivity contribution in [3.63, 3.8) is 0 Å². The Hall–Kier alpha value is -3.64. The molecule has 1 aliphatic heterocycles. The molecule has 1 amide bonds. The normalized spacial score (nSPS) is 16.9. The van der Waals surface area contributed by atoms with Crippen molar-refractivity contribution in [2.24, 2.45) is 0 Å². The Morgan fingerprint density at radius 1 is 1.06 bits per heavy atom. The molecule has 1 fully saturated rings. The summed E-state index contributed by atoms with van der Waals surface area (Å²) in [7, 11) is 0. The Balaban J connectivity index is 1.38. The molecule has 6 nitrogen and oxygen atoms in total. The van der Waals surface area contributed by atoms with Gasteiger partial charge in [-0.25, -0.2) is 4.98 Å². The molecule has 0 saturated carbocycles. The summed E-state index contributed by atoms with van der Waals surface area (Å²) in [6.07, 6.45) is -0.327. The molecule has 0 aliphatic carbocycles. The van der Waals surface area contributed by atoms with Gasteiger partial charge in [-0.3, -0.25) is 4.79 Å². The summed E-state index contributed by atoms with van der Waals surface area (Å²) in [4.78, 5) is 19.6. The summed E-state index contributed by atoms with van der Waals surface area (Å²) in [5, 5.41) is 10.9. The highest BCUT2D eigenvalue weighted by Gasteiger charge is 2.35. The molecule has 0 bridgehead atoms. The third-order valence-electron chi connectivity index (χ3n) is 6.41. The molecule has 1 aliphatic rings. The maximum Gasteiger partial charge on any atom is 0.227 e. The van der Waals surface area contributed by atoms with Crippen LogP contribution < -0.4 is 9.64 Å². The van der Waals surface area contributed by atoms with Crippen molar-refractivity contribution in [3.05, 3.63) is 89.7 Å². The first-order valence-electron chi connectivity index (χ1n) is 11.7. The highest BCUT2D eigenvalue weighted by molar-refractivity contribution is 5.96. The van der Waals surface area contributed by atoms with E-state index >= 15 is 0 Å². The standard InChI is InChI=1S/C28H29N3O3/c1-19-12-13-20(2)26(14-19)34-18-23(32)17-31-25-11-7-6-10-24(25)29-28(31)21-15-27(33)30(16-21)22-8-4-3-5-9-22/h3-14,21,23,32H,15-18H2,1-2H3/t21-,23+/m0/s1. The highest BCUT2D eigenvalue weighted by atomic mass is 16.5. The van der Waals surface area contributed by atoms with Crippen LogP contribution in [0.25, 0.3) is 11.0 Å². The maximum atomic E-state index is 12.8. The Labute approximate surface area is 199 Å². The van der Waals surface area contributed by atoms with Gasteiger partial charge in [-0.2, -0.15) is 0 Å². The first kappa shape index (κ1) is 22.2. The van der Waals surface area contributed by atoms with E-state index in [1.165, 1.54) is 0 Å². The molecule has 4 aromatic rings. The second-order valence-corrected chi connectivity index (χ2v) is 9.04. The average molecular weight is 456 g/mol. The quantitative estimate of drug-likeness (QED) is 0.442. The molecule has 1 N–H and O–H groups in total. The average Bonchev–Trinajstić information content (AvgIpc) is 3.41. The van der Waals surface area contributed by atoms with E-state index in [4.69, 9.17) is 9.72 Å². The van der Waals surface area contributed by atoms with Crippen LogP contribution in [0.15, 0.2) is 72.8 Å². The van der Waals surface area contributed by atoms with Crippen LogP contribution in [0.2, 0.25) is 0 Å². The van der Waals surface area contributed by atoms with Crippen molar-refractivity contribution in [3.8, 4) is 5.75 Å². The fourth-order valence-electron chi connectivity index (χ4n) is 4.65. The van der Waals surface area contributed by atoms with Crippen LogP contribution in [-0.2, 0) is 11.3 Å². The summed E-state index contributed by atoms with van der Waals surface area (Å²) < 4.78 is 8.01. The van der Waals surface area contributed by atoms with Crippen LogP contribution in [0, 0.1) is 13.8 Å². The van der Waals surface area contributed by atoms with Crippen molar-refractivity contribution in [1.82, 2.24) is 9.55 Å². The number of hydrogen-bond donors (Lipinski definition) is 1. The Morgan fingerprint density at radius 3 is 2.65 bits per heavy atom. The van der Waals surface area contributed by atoms with Gasteiger partial charge < -0.3 is 19.3 Å². The minimum Gasteiger partial charge on any atom is -0.491 e. The fourth-order valence-corrected chi connectivity index (χ4v) is 4.65. The molecule has 1 saturated heterocycles. The molecule has 0 radical (unpaired) electrons. The van der Waals surface area contributed by atoms with Crippen molar-refractivity contribution >= 4 is 22.6 Å². The van der Waals surface area contributed by atoms with Crippen LogP contribution in [0.1, 0.15) is 29.3 Å². The van der Waals surface area contributed by atoms with E-state index in [0.717, 1.165) is 39.4 Å². The lowest BCUT2D eigenvalue weighted by atomic mass is 10.1. The van der Waals surface area contributed by atoms with Gasteiger partial charge in [0.1, 0.15) is 24.3 Å². The third kappa shape index (κ3) is 4.41. The van der Waals surface area contributed by atoms with Crippen LogP contribution >= 0.6 is 0 Å². The third-order valence-corrected chi connectivity index (χ3v) is 6.41. The minimum atomic E-state index is -0.724. The monoisotopic (exact) mass is 455 g/mol. The summed E-state index contributed by atoms with van der Waals surface area (Å²) in [5.74, 6) is 1.66. The number of aliphatic hydroxyl groups is 1. The van der Waals surface area contributed by atoms with Gasteiger partial charge >= 0.3 is 0 Å². The zero-order chi connectivity index (χ0) is 23.7. The van der Waals surface area contributed by atoms with E-state index < -0.39 is 6.10 Å². The van der Waals surface area contributed by atoms with E-state index in [9.17, 15) is 9.90 Å². The lowest BCUT2D eigenvalue weighted by Gasteiger charge is -2.19. The van der Waals surface area contributed by atoms with Crippen LogP contribution in [0.4, 0.5) is 5.69 Å². The van der Waals surface area contributed by atoms with Gasteiger partial charge in [-0.05, 0) is 55.3 Å². The van der Waals surface area contributed by atoms with Crippen molar-refractivity contribution in [1.29, 1.82) is 0 Å². The summed E-state index contributed by atoms with van der Waals surface area (Å²) in [5.41, 5.74) is 4.88. The lowest BCUT2D eigenvalue weighted by Crippen LogP contribution is -2.26. The molecule has 6 heteroatoms. The summed E-state index contributed by atoms with van der Waals surface area (Å²) in [6.45, 7) is 5.11. The lowest BCUT2D eigenvalue weighted by molar-refractivity contribution is -0.117. The van der Waals surface area contributed by atoms with Gasteiger partial charge in [0, 0.05) is 24.6 Å². The number of rotatable bonds is 7. The van der Waals surface area contributed by atoms with Crippen LogP contribution in [0.5, 0.6) is 5.75 Å². The number of nitrogens with zero attached hydrogens (tertiary/aromatic N) is 3. The van der Waals surface area contributed by atoms with Gasteiger partial charge in [-0.15, -0.1) is 0 Å². The van der Waals surface area contributed by atoms with E-state index in [-0.39, 0.29) is 18.4 Å². The molecule has 0 spiro atoms. The molecular weight excluding hydrogens is 426 g/mol. The number of benzene rings is 3. The number of aromatic nitrogens is 2. The number of aryl methyl sites for hydroxylation is 2. The van der Waals surface area contributed by atoms with Crippen LogP contribution in [0.3, 0.4) is 0 Å². The van der Waals surface area contributed by atoms with Crippen molar-refractivity contribution in [2.45, 2.75) is 38.8 Å². The SMILES string of the molecule is Cc1ccc(C)c(OC[C@H](O)Cn2c([C@H]3CC(=O)N(c4ccccc4)C3)nc3ccccc32)c1. The number of carbonyl (C=O) groups is 1. The summed E-state index contributed by atoms with van der Waals surface area (Å²) >= 11 is 0. The van der Waals surface area contributed by atoms with Gasteiger partial charge in [0.2, 0.25) is 5.91 Å². The number of carbonyl (C=O) groups excluding carboxylic acids is 1. The minimum absolute atomic E-state index is 0.0489. The van der Waals surface area contributed by atoms with E-state index in [2.05, 4.69) is 4.57 Å².